The lowest BCUT2D eigenvalue weighted by atomic mass is 9.74. The van der Waals surface area contributed by atoms with Crippen molar-refractivity contribution >= 4 is 17.8 Å². The Balaban J connectivity index is 2.31. The van der Waals surface area contributed by atoms with Crippen LogP contribution < -0.4 is 5.32 Å². The fourth-order valence-electron chi connectivity index (χ4n) is 3.31. The fraction of sp³-hybridized carbons (Fsp3) is 0.526. The fourth-order valence-corrected chi connectivity index (χ4v) is 3.31. The zero-order chi connectivity index (χ0) is 19.1. The average Bonchev–Trinajstić information content (AvgIpc) is 2.61. The van der Waals surface area contributed by atoms with Crippen LogP contribution >= 0.6 is 0 Å². The third kappa shape index (κ3) is 4.59. The van der Waals surface area contributed by atoms with Crippen LogP contribution in [0.25, 0.3) is 0 Å². The van der Waals surface area contributed by atoms with Gasteiger partial charge in [0.2, 0.25) is 0 Å². The van der Waals surface area contributed by atoms with Gasteiger partial charge in [0.25, 0.3) is 0 Å². The zero-order valence-electron chi connectivity index (χ0n) is 15.0. The summed E-state index contributed by atoms with van der Waals surface area (Å²) in [6.45, 7) is 3.67. The van der Waals surface area contributed by atoms with Gasteiger partial charge in [0, 0.05) is 11.5 Å². The van der Waals surface area contributed by atoms with Crippen LogP contribution in [0.1, 0.15) is 44.7 Å². The number of rotatable bonds is 6. The molecule has 142 valence electrons. The molecule has 26 heavy (non-hydrogen) atoms. The maximum atomic E-state index is 14.3. The van der Waals surface area contributed by atoms with Crippen molar-refractivity contribution in [3.8, 4) is 0 Å². The van der Waals surface area contributed by atoms with Gasteiger partial charge >= 0.3 is 12.1 Å². The molecule has 1 N–H and O–H groups in total. The van der Waals surface area contributed by atoms with Crippen LogP contribution in [0.4, 0.5) is 9.18 Å². The highest BCUT2D eigenvalue weighted by atomic mass is 19.1. The molecule has 1 aromatic rings. The molecule has 1 aromatic carbocycles. The molecule has 3 atom stereocenters. The van der Waals surface area contributed by atoms with Crippen molar-refractivity contribution in [2.45, 2.75) is 39.2 Å². The number of hydrogen-bond donors (Lipinski definition) is 1. The maximum absolute atomic E-state index is 14.3. The van der Waals surface area contributed by atoms with E-state index in [9.17, 15) is 18.8 Å². The van der Waals surface area contributed by atoms with Crippen LogP contribution in [0.5, 0.6) is 0 Å². The lowest BCUT2D eigenvalue weighted by Gasteiger charge is -2.33. The summed E-state index contributed by atoms with van der Waals surface area (Å²) in [5.74, 6) is -3.03. The smallest absolute Gasteiger partial charge is 0.407 e. The van der Waals surface area contributed by atoms with Gasteiger partial charge in [0.05, 0.1) is 19.3 Å². The van der Waals surface area contributed by atoms with Gasteiger partial charge in [-0.3, -0.25) is 9.59 Å². The molecule has 0 saturated heterocycles. The Morgan fingerprint density at radius 2 is 1.88 bits per heavy atom. The molecular weight excluding hydrogens is 341 g/mol. The van der Waals surface area contributed by atoms with Crippen molar-refractivity contribution in [3.05, 3.63) is 35.6 Å². The quantitative estimate of drug-likeness (QED) is 0.619. The minimum atomic E-state index is -0.903. The molecule has 6 nitrogen and oxygen atoms in total. The molecule has 0 heterocycles. The van der Waals surface area contributed by atoms with Crippen LogP contribution in [0.2, 0.25) is 0 Å². The summed E-state index contributed by atoms with van der Waals surface area (Å²) in [5.41, 5.74) is 0.198. The summed E-state index contributed by atoms with van der Waals surface area (Å²) in [4.78, 5) is 36.9. The molecule has 0 spiro atoms. The third-order valence-corrected chi connectivity index (χ3v) is 4.48. The molecule has 2 rings (SSSR count). The molecule has 0 bridgehead atoms. The van der Waals surface area contributed by atoms with Gasteiger partial charge in [-0.1, -0.05) is 24.6 Å². The van der Waals surface area contributed by atoms with Gasteiger partial charge in [0.1, 0.15) is 11.7 Å². The highest BCUT2D eigenvalue weighted by Crippen LogP contribution is 2.36. The Bertz CT molecular complexity index is 663. The van der Waals surface area contributed by atoms with E-state index in [1.807, 2.05) is 0 Å². The lowest BCUT2D eigenvalue weighted by Crippen LogP contribution is -2.43. The Hall–Kier alpha value is -2.44. The molecule has 0 aliphatic heterocycles. The molecular formula is C19H24FNO5. The van der Waals surface area contributed by atoms with E-state index in [4.69, 9.17) is 9.47 Å². The van der Waals surface area contributed by atoms with E-state index in [1.54, 1.807) is 19.9 Å². The number of benzene rings is 1. The first-order valence-electron chi connectivity index (χ1n) is 8.87. The van der Waals surface area contributed by atoms with E-state index >= 15 is 0 Å². The van der Waals surface area contributed by atoms with E-state index in [1.165, 1.54) is 18.2 Å². The number of Topliss-reactive ketones (excluding diaryl/α,β-unsaturated/α-hetero) is 1. The lowest BCUT2D eigenvalue weighted by molar-refractivity contribution is -0.154. The van der Waals surface area contributed by atoms with Crippen molar-refractivity contribution in [2.24, 2.45) is 11.8 Å². The number of hydrogen-bond acceptors (Lipinski definition) is 5. The topological polar surface area (TPSA) is 81.7 Å². The van der Waals surface area contributed by atoms with Crippen molar-refractivity contribution in [3.63, 3.8) is 0 Å². The van der Waals surface area contributed by atoms with Crippen molar-refractivity contribution in [1.82, 2.24) is 5.32 Å². The van der Waals surface area contributed by atoms with E-state index in [0.29, 0.717) is 19.3 Å². The number of carbonyl (C=O) groups is 3. The standard InChI is InChI=1S/C19H24FNO5/c1-3-25-18(23)14-10-7-9-13(17(14)22)16(21-19(24)26-4-2)12-8-5-6-11-15(12)20/h5-6,8,11,13-14,16H,3-4,7,9-10H2,1-2H3,(H,21,24)/t13-,14+,16-/m1/s1. The highest BCUT2D eigenvalue weighted by Gasteiger charge is 2.42. The second-order valence-electron chi connectivity index (χ2n) is 6.11. The number of carbonyl (C=O) groups excluding carboxylic acids is 3. The van der Waals surface area contributed by atoms with Crippen LogP contribution in [0.3, 0.4) is 0 Å². The van der Waals surface area contributed by atoms with E-state index in [-0.39, 0.29) is 24.6 Å². The van der Waals surface area contributed by atoms with E-state index in [2.05, 4.69) is 5.32 Å². The summed E-state index contributed by atoms with van der Waals surface area (Å²) < 4.78 is 24.2. The van der Waals surface area contributed by atoms with Gasteiger partial charge in [0.15, 0.2) is 5.78 Å². The van der Waals surface area contributed by atoms with Crippen LogP contribution in [0, 0.1) is 17.7 Å². The van der Waals surface area contributed by atoms with Gasteiger partial charge in [-0.2, -0.15) is 0 Å². The number of ketones is 1. The molecule has 1 amide bonds. The minimum absolute atomic E-state index is 0.153. The Morgan fingerprint density at radius 3 is 2.54 bits per heavy atom. The van der Waals surface area contributed by atoms with Gasteiger partial charge in [-0.15, -0.1) is 0 Å². The number of halogens is 1. The van der Waals surface area contributed by atoms with Crippen LogP contribution in [0.15, 0.2) is 24.3 Å². The molecule has 7 heteroatoms. The summed E-state index contributed by atoms with van der Waals surface area (Å²) in [6.07, 6.45) is 0.722. The number of esters is 1. The monoisotopic (exact) mass is 365 g/mol. The average molecular weight is 365 g/mol. The number of nitrogens with one attached hydrogen (secondary N) is 1. The highest BCUT2D eigenvalue weighted by molar-refractivity contribution is 6.01. The molecule has 1 aliphatic rings. The first-order chi connectivity index (χ1) is 12.5. The molecule has 1 aliphatic carbocycles. The van der Waals surface area contributed by atoms with Crippen LogP contribution in [-0.4, -0.2) is 31.1 Å². The van der Waals surface area contributed by atoms with Crippen molar-refractivity contribution < 1.29 is 28.2 Å². The van der Waals surface area contributed by atoms with Crippen LogP contribution in [-0.2, 0) is 19.1 Å². The van der Waals surface area contributed by atoms with Gasteiger partial charge < -0.3 is 14.8 Å². The molecule has 1 fully saturated rings. The van der Waals surface area contributed by atoms with Crippen molar-refractivity contribution in [1.29, 1.82) is 0 Å². The Kier molecular flexibility index (Phi) is 7.12. The largest absolute Gasteiger partial charge is 0.465 e. The van der Waals surface area contributed by atoms with E-state index in [0.717, 1.165) is 0 Å². The Morgan fingerprint density at radius 1 is 1.19 bits per heavy atom. The van der Waals surface area contributed by atoms with E-state index < -0.39 is 35.8 Å². The molecule has 0 unspecified atom stereocenters. The third-order valence-electron chi connectivity index (χ3n) is 4.48. The second kappa shape index (κ2) is 9.31. The predicted molar refractivity (Wildman–Crippen MR) is 91.8 cm³/mol. The normalized spacial score (nSPS) is 21.0. The Labute approximate surface area is 152 Å². The minimum Gasteiger partial charge on any atom is -0.465 e. The second-order valence-corrected chi connectivity index (χ2v) is 6.11. The number of amides is 1. The van der Waals surface area contributed by atoms with Gasteiger partial charge in [-0.25, -0.2) is 9.18 Å². The van der Waals surface area contributed by atoms with Gasteiger partial charge in [-0.05, 0) is 32.8 Å². The first kappa shape index (κ1) is 19.9. The summed E-state index contributed by atoms with van der Waals surface area (Å²) in [5, 5.41) is 2.59. The summed E-state index contributed by atoms with van der Waals surface area (Å²) >= 11 is 0. The number of alkyl carbamates (subject to hydrolysis) is 1. The predicted octanol–water partition coefficient (Wildman–Crippen LogP) is 3.16. The summed E-state index contributed by atoms with van der Waals surface area (Å²) in [7, 11) is 0. The number of ether oxygens (including phenoxy) is 2. The molecule has 0 radical (unpaired) electrons. The SMILES string of the molecule is CCOC(=O)N[C@H](c1ccccc1F)[C@H]1CCC[C@H](C(=O)OCC)C1=O. The first-order valence-corrected chi connectivity index (χ1v) is 8.87. The zero-order valence-corrected chi connectivity index (χ0v) is 15.0. The maximum Gasteiger partial charge on any atom is 0.407 e. The molecule has 0 aromatic heterocycles. The van der Waals surface area contributed by atoms with Crippen molar-refractivity contribution in [2.75, 3.05) is 13.2 Å². The summed E-state index contributed by atoms with van der Waals surface area (Å²) in [6, 6.07) is 5.05. The molecule has 1 saturated carbocycles.